The van der Waals surface area contributed by atoms with Gasteiger partial charge in [-0.15, -0.1) is 0 Å². The second-order valence-corrected chi connectivity index (χ2v) is 6.67. The quantitative estimate of drug-likeness (QED) is 0.831. The van der Waals surface area contributed by atoms with E-state index in [0.29, 0.717) is 5.92 Å². The molecule has 0 spiro atoms. The minimum absolute atomic E-state index is 0.382. The third kappa shape index (κ3) is 2.79. The highest BCUT2D eigenvalue weighted by Crippen LogP contribution is 2.33. The van der Waals surface area contributed by atoms with Gasteiger partial charge in [0.05, 0.1) is 29.8 Å². The highest BCUT2D eigenvalue weighted by atomic mass is 127. The van der Waals surface area contributed by atoms with E-state index in [2.05, 4.69) is 33.6 Å². The minimum Gasteiger partial charge on any atom is -0.387 e. The first-order valence-electron chi connectivity index (χ1n) is 7.04. The number of aliphatic hydroxyl groups is 1. The normalized spacial score (nSPS) is 18.8. The summed E-state index contributed by atoms with van der Waals surface area (Å²) in [4.78, 5) is 4.18. The van der Waals surface area contributed by atoms with E-state index in [1.807, 2.05) is 16.7 Å². The zero-order chi connectivity index (χ0) is 13.2. The molecule has 1 aliphatic rings. The van der Waals surface area contributed by atoms with Crippen LogP contribution in [0.2, 0.25) is 0 Å². The summed E-state index contributed by atoms with van der Waals surface area (Å²) in [6, 6.07) is 4.11. The summed E-state index contributed by atoms with van der Waals surface area (Å²) in [6.45, 7) is 0. The van der Waals surface area contributed by atoms with Crippen LogP contribution in [-0.2, 0) is 0 Å². The number of rotatable bonds is 3. The van der Waals surface area contributed by atoms with Crippen LogP contribution in [0, 0.1) is 9.49 Å². The van der Waals surface area contributed by atoms with E-state index < -0.39 is 0 Å². The first-order chi connectivity index (χ1) is 9.25. The van der Waals surface area contributed by atoms with Gasteiger partial charge in [-0.05, 0) is 47.1 Å². The van der Waals surface area contributed by atoms with Crippen LogP contribution in [0.4, 0.5) is 0 Å². The van der Waals surface area contributed by atoms with E-state index in [1.54, 1.807) is 6.33 Å². The Hall–Kier alpha value is -0.620. The molecule has 2 heterocycles. The second kappa shape index (κ2) is 5.79. The van der Waals surface area contributed by atoms with E-state index in [9.17, 15) is 5.11 Å². The Morgan fingerprint density at radius 1 is 1.32 bits per heavy atom. The summed E-state index contributed by atoms with van der Waals surface area (Å²) in [5, 5.41) is 10.6. The lowest BCUT2D eigenvalue weighted by atomic mass is 9.85. The SMILES string of the molecule is O[C@@H](CC1CCCCC1)c1c(I)ccc2cncn12. The maximum Gasteiger partial charge on any atom is 0.0995 e. The van der Waals surface area contributed by atoms with Crippen LogP contribution in [-0.4, -0.2) is 14.5 Å². The van der Waals surface area contributed by atoms with Crippen molar-refractivity contribution in [1.29, 1.82) is 0 Å². The van der Waals surface area contributed by atoms with E-state index in [0.717, 1.165) is 21.2 Å². The fraction of sp³-hybridized carbons (Fsp3) is 0.533. The van der Waals surface area contributed by atoms with Crippen molar-refractivity contribution < 1.29 is 5.11 Å². The fourth-order valence-electron chi connectivity index (χ4n) is 3.16. The Kier molecular flexibility index (Phi) is 4.07. The van der Waals surface area contributed by atoms with Crippen molar-refractivity contribution in [1.82, 2.24) is 9.38 Å². The number of hydrogen-bond donors (Lipinski definition) is 1. The van der Waals surface area contributed by atoms with Crippen molar-refractivity contribution in [2.75, 3.05) is 0 Å². The van der Waals surface area contributed by atoms with Crippen LogP contribution in [0.1, 0.15) is 50.3 Å². The van der Waals surface area contributed by atoms with Gasteiger partial charge in [0.25, 0.3) is 0 Å². The average Bonchev–Trinajstić information content (AvgIpc) is 2.87. The van der Waals surface area contributed by atoms with Gasteiger partial charge >= 0.3 is 0 Å². The van der Waals surface area contributed by atoms with E-state index in [4.69, 9.17) is 0 Å². The largest absolute Gasteiger partial charge is 0.387 e. The lowest BCUT2D eigenvalue weighted by Crippen LogP contribution is -2.14. The predicted molar refractivity (Wildman–Crippen MR) is 84.1 cm³/mol. The van der Waals surface area contributed by atoms with Crippen LogP contribution in [0.25, 0.3) is 5.52 Å². The van der Waals surface area contributed by atoms with Gasteiger partial charge in [-0.2, -0.15) is 0 Å². The van der Waals surface area contributed by atoms with Crippen LogP contribution in [0.15, 0.2) is 24.7 Å². The lowest BCUT2D eigenvalue weighted by molar-refractivity contribution is 0.125. The average molecular weight is 370 g/mol. The molecule has 0 aromatic carbocycles. The van der Waals surface area contributed by atoms with Crippen LogP contribution in [0.5, 0.6) is 0 Å². The number of halogens is 1. The topological polar surface area (TPSA) is 37.5 Å². The van der Waals surface area contributed by atoms with Gasteiger partial charge in [-0.3, -0.25) is 4.40 Å². The van der Waals surface area contributed by atoms with Crippen LogP contribution in [0.3, 0.4) is 0 Å². The van der Waals surface area contributed by atoms with Crippen molar-refractivity contribution in [2.45, 2.75) is 44.6 Å². The highest BCUT2D eigenvalue weighted by Gasteiger charge is 2.21. The number of imidazole rings is 1. The first kappa shape index (κ1) is 13.4. The molecule has 2 aromatic rings. The van der Waals surface area contributed by atoms with Gasteiger partial charge in [-0.1, -0.05) is 32.1 Å². The smallest absolute Gasteiger partial charge is 0.0995 e. The van der Waals surface area contributed by atoms with Crippen molar-refractivity contribution >= 4 is 28.1 Å². The Labute approximate surface area is 127 Å². The Morgan fingerprint density at radius 2 is 2.11 bits per heavy atom. The number of pyridine rings is 1. The molecule has 4 heteroatoms. The molecule has 0 aliphatic heterocycles. The summed E-state index contributed by atoms with van der Waals surface area (Å²) < 4.78 is 3.14. The summed E-state index contributed by atoms with van der Waals surface area (Å²) in [5.74, 6) is 0.679. The first-order valence-corrected chi connectivity index (χ1v) is 8.12. The van der Waals surface area contributed by atoms with Crippen molar-refractivity contribution in [3.63, 3.8) is 0 Å². The zero-order valence-electron chi connectivity index (χ0n) is 10.9. The number of aliphatic hydroxyl groups excluding tert-OH is 1. The van der Waals surface area contributed by atoms with Crippen LogP contribution >= 0.6 is 22.6 Å². The Morgan fingerprint density at radius 3 is 2.89 bits per heavy atom. The summed E-state index contributed by atoms with van der Waals surface area (Å²) in [7, 11) is 0. The molecule has 0 saturated heterocycles. The van der Waals surface area contributed by atoms with Gasteiger partial charge in [0.2, 0.25) is 0 Å². The highest BCUT2D eigenvalue weighted by molar-refractivity contribution is 14.1. The summed E-state index contributed by atoms with van der Waals surface area (Å²) in [5.41, 5.74) is 2.05. The van der Waals surface area contributed by atoms with Gasteiger partial charge in [0, 0.05) is 3.57 Å². The molecular weight excluding hydrogens is 351 g/mol. The van der Waals surface area contributed by atoms with E-state index >= 15 is 0 Å². The van der Waals surface area contributed by atoms with E-state index in [1.165, 1.54) is 32.1 Å². The molecule has 3 rings (SSSR count). The molecule has 2 aromatic heterocycles. The van der Waals surface area contributed by atoms with Gasteiger partial charge in [0.1, 0.15) is 0 Å². The molecule has 3 nitrogen and oxygen atoms in total. The van der Waals surface area contributed by atoms with Gasteiger partial charge < -0.3 is 5.11 Å². The maximum atomic E-state index is 10.6. The molecular formula is C15H19IN2O. The molecule has 19 heavy (non-hydrogen) atoms. The number of aromatic nitrogens is 2. The van der Waals surface area contributed by atoms with Gasteiger partial charge in [0.15, 0.2) is 0 Å². The van der Waals surface area contributed by atoms with Crippen molar-refractivity contribution in [3.05, 3.63) is 33.9 Å². The molecule has 0 bridgehead atoms. The molecule has 1 aliphatic carbocycles. The molecule has 0 amide bonds. The van der Waals surface area contributed by atoms with Gasteiger partial charge in [-0.25, -0.2) is 4.98 Å². The monoisotopic (exact) mass is 370 g/mol. The molecule has 0 unspecified atom stereocenters. The third-order valence-electron chi connectivity index (χ3n) is 4.17. The lowest BCUT2D eigenvalue weighted by Gasteiger charge is -2.25. The van der Waals surface area contributed by atoms with E-state index in [-0.39, 0.29) is 6.10 Å². The van der Waals surface area contributed by atoms with Crippen molar-refractivity contribution in [2.24, 2.45) is 5.92 Å². The molecule has 102 valence electrons. The summed E-state index contributed by atoms with van der Waals surface area (Å²) in [6.07, 6.45) is 10.7. The minimum atomic E-state index is -0.382. The zero-order valence-corrected chi connectivity index (χ0v) is 13.1. The Bertz CT molecular complexity index is 560. The molecule has 1 saturated carbocycles. The van der Waals surface area contributed by atoms with Crippen molar-refractivity contribution in [3.8, 4) is 0 Å². The summed E-state index contributed by atoms with van der Waals surface area (Å²) >= 11 is 2.31. The number of hydrogen-bond acceptors (Lipinski definition) is 2. The molecule has 1 fully saturated rings. The Balaban J connectivity index is 1.85. The molecule has 1 N–H and O–H groups in total. The number of fused-ring (bicyclic) bond motifs is 1. The predicted octanol–water partition coefficient (Wildman–Crippen LogP) is 3.94. The van der Waals surface area contributed by atoms with Crippen LogP contribution < -0.4 is 0 Å². The standard InChI is InChI=1S/C15H19IN2O/c16-13-7-6-12-9-17-10-18(12)15(13)14(19)8-11-4-2-1-3-5-11/h6-7,9-11,14,19H,1-5,8H2/t14-/m0/s1. The molecule has 1 atom stereocenters. The molecule has 0 radical (unpaired) electrons. The fourth-order valence-corrected chi connectivity index (χ4v) is 3.96. The maximum absolute atomic E-state index is 10.6. The second-order valence-electron chi connectivity index (χ2n) is 5.51. The number of nitrogens with zero attached hydrogens (tertiary/aromatic N) is 2. The third-order valence-corrected chi connectivity index (χ3v) is 5.08.